The van der Waals surface area contributed by atoms with Gasteiger partial charge in [0.2, 0.25) is 0 Å². The maximum Gasteiger partial charge on any atom is 0.267 e. The molecule has 1 fully saturated rings. The molecule has 1 aliphatic heterocycles. The molecule has 0 aromatic carbocycles. The predicted octanol–water partition coefficient (Wildman–Crippen LogP) is 2.23. The van der Waals surface area contributed by atoms with Gasteiger partial charge in [0.15, 0.2) is 0 Å². The molecule has 1 saturated heterocycles. The topological polar surface area (TPSA) is 48.1 Å². The summed E-state index contributed by atoms with van der Waals surface area (Å²) in [7, 11) is 0. The number of carbonyl (C=O) groups is 1. The number of hydrazine groups is 1. The standard InChI is InChI=1S/C13H21N3O/c1-9-7-14-8-12(9)13(17)15-16-10(2)5-4-6-11(16)3/h7-8,10-11,14H,4-6H2,1-3H3,(H,15,17)/t10-,11+. The van der Waals surface area contributed by atoms with Crippen molar-refractivity contribution in [2.75, 3.05) is 0 Å². The van der Waals surface area contributed by atoms with Crippen LogP contribution in [0.25, 0.3) is 0 Å². The van der Waals surface area contributed by atoms with E-state index in [4.69, 9.17) is 0 Å². The Morgan fingerprint density at radius 1 is 1.35 bits per heavy atom. The van der Waals surface area contributed by atoms with Crippen LogP contribution in [-0.2, 0) is 0 Å². The highest BCUT2D eigenvalue weighted by molar-refractivity contribution is 5.95. The number of nitrogens with one attached hydrogen (secondary N) is 2. The van der Waals surface area contributed by atoms with Crippen molar-refractivity contribution < 1.29 is 4.79 Å². The minimum atomic E-state index is -0.00986. The minimum Gasteiger partial charge on any atom is -0.367 e. The molecule has 0 bridgehead atoms. The van der Waals surface area contributed by atoms with Crippen LogP contribution in [-0.4, -0.2) is 28.0 Å². The van der Waals surface area contributed by atoms with Crippen LogP contribution in [0.4, 0.5) is 0 Å². The lowest BCUT2D eigenvalue weighted by atomic mass is 10.00. The van der Waals surface area contributed by atoms with Crippen LogP contribution in [0.15, 0.2) is 12.4 Å². The summed E-state index contributed by atoms with van der Waals surface area (Å²) in [5, 5.41) is 2.10. The number of H-pyrrole nitrogens is 1. The number of carbonyl (C=O) groups excluding carboxylic acids is 1. The van der Waals surface area contributed by atoms with Gasteiger partial charge in [0.25, 0.3) is 5.91 Å². The van der Waals surface area contributed by atoms with Crippen LogP contribution in [0.3, 0.4) is 0 Å². The molecular weight excluding hydrogens is 214 g/mol. The maximum absolute atomic E-state index is 12.1. The number of hydrogen-bond acceptors (Lipinski definition) is 2. The average molecular weight is 235 g/mol. The van der Waals surface area contributed by atoms with E-state index in [0.29, 0.717) is 12.1 Å². The largest absolute Gasteiger partial charge is 0.367 e. The lowest BCUT2D eigenvalue weighted by Gasteiger charge is -2.38. The number of aromatic amines is 1. The Hall–Kier alpha value is -1.29. The third kappa shape index (κ3) is 2.52. The van der Waals surface area contributed by atoms with Gasteiger partial charge in [-0.05, 0) is 39.2 Å². The molecule has 4 nitrogen and oxygen atoms in total. The summed E-state index contributed by atoms with van der Waals surface area (Å²) in [5.41, 5.74) is 4.75. The second-order valence-electron chi connectivity index (χ2n) is 5.03. The summed E-state index contributed by atoms with van der Waals surface area (Å²) in [6.07, 6.45) is 7.15. The van der Waals surface area contributed by atoms with Gasteiger partial charge in [-0.25, -0.2) is 5.01 Å². The smallest absolute Gasteiger partial charge is 0.267 e. The molecule has 2 heterocycles. The van der Waals surface area contributed by atoms with E-state index in [-0.39, 0.29) is 5.91 Å². The lowest BCUT2D eigenvalue weighted by molar-refractivity contribution is 0.0369. The first-order chi connectivity index (χ1) is 8.09. The fourth-order valence-corrected chi connectivity index (χ4v) is 2.51. The summed E-state index contributed by atoms with van der Waals surface area (Å²) in [6.45, 7) is 6.27. The van der Waals surface area contributed by atoms with Crippen LogP contribution in [0.1, 0.15) is 49.0 Å². The van der Waals surface area contributed by atoms with Gasteiger partial charge in [0.05, 0.1) is 5.56 Å². The molecule has 1 aliphatic rings. The number of hydrogen-bond donors (Lipinski definition) is 2. The Morgan fingerprint density at radius 3 is 2.53 bits per heavy atom. The van der Waals surface area contributed by atoms with Crippen LogP contribution in [0.2, 0.25) is 0 Å². The van der Waals surface area contributed by atoms with Gasteiger partial charge in [-0.1, -0.05) is 6.42 Å². The highest BCUT2D eigenvalue weighted by atomic mass is 16.2. The molecule has 0 saturated carbocycles. The van der Waals surface area contributed by atoms with Crippen LogP contribution in [0, 0.1) is 6.92 Å². The monoisotopic (exact) mass is 235 g/mol. The number of aromatic nitrogens is 1. The summed E-state index contributed by atoms with van der Waals surface area (Å²) < 4.78 is 0. The molecule has 1 aromatic heterocycles. The van der Waals surface area contributed by atoms with Gasteiger partial charge in [-0.3, -0.25) is 10.2 Å². The van der Waals surface area contributed by atoms with Crippen molar-refractivity contribution in [1.29, 1.82) is 0 Å². The molecule has 1 aromatic rings. The van der Waals surface area contributed by atoms with Crippen molar-refractivity contribution in [2.45, 2.75) is 52.1 Å². The van der Waals surface area contributed by atoms with E-state index >= 15 is 0 Å². The van der Waals surface area contributed by atoms with Crippen molar-refractivity contribution in [3.63, 3.8) is 0 Å². The van der Waals surface area contributed by atoms with Crippen molar-refractivity contribution >= 4 is 5.91 Å². The maximum atomic E-state index is 12.1. The Morgan fingerprint density at radius 2 is 2.00 bits per heavy atom. The van der Waals surface area contributed by atoms with Crippen molar-refractivity contribution in [3.8, 4) is 0 Å². The van der Waals surface area contributed by atoms with Gasteiger partial charge in [0.1, 0.15) is 0 Å². The summed E-state index contributed by atoms with van der Waals surface area (Å²) in [6, 6.07) is 0.837. The molecule has 0 unspecified atom stereocenters. The Labute approximate surface area is 102 Å². The first-order valence-corrected chi connectivity index (χ1v) is 6.32. The molecular formula is C13H21N3O. The SMILES string of the molecule is Cc1c[nH]cc1C(=O)NN1[C@H](C)CCC[C@@H]1C. The summed E-state index contributed by atoms with van der Waals surface area (Å²) >= 11 is 0. The van der Waals surface area contributed by atoms with E-state index < -0.39 is 0 Å². The molecule has 0 radical (unpaired) electrons. The van der Waals surface area contributed by atoms with Crippen LogP contribution < -0.4 is 5.43 Å². The number of amides is 1. The number of aryl methyl sites for hydroxylation is 1. The normalized spacial score (nSPS) is 25.8. The van der Waals surface area contributed by atoms with E-state index in [0.717, 1.165) is 24.0 Å². The zero-order valence-corrected chi connectivity index (χ0v) is 10.8. The first-order valence-electron chi connectivity index (χ1n) is 6.32. The Bertz CT molecular complexity index is 389. The number of rotatable bonds is 2. The lowest BCUT2D eigenvalue weighted by Crippen LogP contribution is -2.54. The molecule has 2 atom stereocenters. The zero-order chi connectivity index (χ0) is 12.4. The Balaban J connectivity index is 2.05. The van der Waals surface area contributed by atoms with Crippen molar-refractivity contribution in [2.24, 2.45) is 0 Å². The third-order valence-electron chi connectivity index (χ3n) is 3.62. The van der Waals surface area contributed by atoms with Gasteiger partial charge in [0, 0.05) is 24.5 Å². The van der Waals surface area contributed by atoms with Gasteiger partial charge in [-0.15, -0.1) is 0 Å². The molecule has 2 rings (SSSR count). The highest BCUT2D eigenvalue weighted by Gasteiger charge is 2.26. The predicted molar refractivity (Wildman–Crippen MR) is 67.6 cm³/mol. The second-order valence-corrected chi connectivity index (χ2v) is 5.03. The molecule has 94 valence electrons. The van der Waals surface area contributed by atoms with Crippen LogP contribution in [0.5, 0.6) is 0 Å². The van der Waals surface area contributed by atoms with Gasteiger partial charge < -0.3 is 4.98 Å². The third-order valence-corrected chi connectivity index (χ3v) is 3.62. The fourth-order valence-electron chi connectivity index (χ4n) is 2.51. The fraction of sp³-hybridized carbons (Fsp3) is 0.615. The minimum absolute atomic E-state index is 0.00986. The quantitative estimate of drug-likeness (QED) is 0.826. The van der Waals surface area contributed by atoms with Crippen LogP contribution >= 0.6 is 0 Å². The second kappa shape index (κ2) is 4.92. The molecule has 2 N–H and O–H groups in total. The zero-order valence-electron chi connectivity index (χ0n) is 10.8. The van der Waals surface area contributed by atoms with Crippen molar-refractivity contribution in [3.05, 3.63) is 23.5 Å². The van der Waals surface area contributed by atoms with E-state index in [1.54, 1.807) is 6.20 Å². The van der Waals surface area contributed by atoms with Gasteiger partial charge >= 0.3 is 0 Å². The molecule has 0 spiro atoms. The van der Waals surface area contributed by atoms with E-state index in [9.17, 15) is 4.79 Å². The average Bonchev–Trinajstić information content (AvgIpc) is 2.70. The number of piperidine rings is 1. The van der Waals surface area contributed by atoms with Crippen molar-refractivity contribution in [1.82, 2.24) is 15.4 Å². The Kier molecular flexibility index (Phi) is 3.52. The summed E-state index contributed by atoms with van der Waals surface area (Å²) in [4.78, 5) is 15.1. The van der Waals surface area contributed by atoms with Gasteiger partial charge in [-0.2, -0.15) is 0 Å². The molecule has 1 amide bonds. The van der Waals surface area contributed by atoms with E-state index in [1.807, 2.05) is 13.1 Å². The first kappa shape index (κ1) is 12.2. The molecule has 4 heteroatoms. The number of nitrogens with zero attached hydrogens (tertiary/aromatic N) is 1. The molecule has 0 aliphatic carbocycles. The molecule has 17 heavy (non-hydrogen) atoms. The van der Waals surface area contributed by atoms with E-state index in [1.165, 1.54) is 6.42 Å². The highest BCUT2D eigenvalue weighted by Crippen LogP contribution is 2.20. The summed E-state index contributed by atoms with van der Waals surface area (Å²) in [5.74, 6) is -0.00986. The van der Waals surface area contributed by atoms with E-state index in [2.05, 4.69) is 29.3 Å².